The van der Waals surface area contributed by atoms with Crippen LogP contribution in [0.4, 0.5) is 0 Å². The fourth-order valence-electron chi connectivity index (χ4n) is 18.2. The second kappa shape index (κ2) is 45.1. The van der Waals surface area contributed by atoms with Gasteiger partial charge >= 0.3 is 0 Å². The van der Waals surface area contributed by atoms with Crippen molar-refractivity contribution in [2.24, 2.45) is 17.6 Å². The first-order valence-electron chi connectivity index (χ1n) is 49.0. The molecule has 3 atom stereocenters. The van der Waals surface area contributed by atoms with Crippen LogP contribution >= 0.6 is 11.3 Å². The van der Waals surface area contributed by atoms with Gasteiger partial charge in [-0.25, -0.2) is 0 Å². The summed E-state index contributed by atoms with van der Waals surface area (Å²) in [5, 5.41) is 89.3. The third kappa shape index (κ3) is 21.9. The molecule has 0 aliphatic heterocycles. The van der Waals surface area contributed by atoms with Crippen LogP contribution in [-0.4, -0.2) is 164 Å². The number of nitrogens with zero attached hydrogens (tertiary/aromatic N) is 5. The lowest BCUT2D eigenvalue weighted by Gasteiger charge is -2.20. The molecule has 0 unspecified atom stereocenters. The van der Waals surface area contributed by atoms with E-state index in [0.29, 0.717) is 69.0 Å². The lowest BCUT2D eigenvalue weighted by Crippen LogP contribution is -2.42. The topological polar surface area (TPSA) is 419 Å². The average Bonchev–Trinajstić information content (AvgIpc) is 1.63. The Labute approximate surface area is 865 Å². The minimum absolute atomic E-state index is 0.101. The summed E-state index contributed by atoms with van der Waals surface area (Å²) < 4.78 is 27.3. The van der Waals surface area contributed by atoms with Crippen molar-refractivity contribution in [1.29, 1.82) is 0 Å². The minimum Gasteiger partial charge on any atom is -0.496 e. The third-order valence-corrected chi connectivity index (χ3v) is 27.7. The van der Waals surface area contributed by atoms with Gasteiger partial charge in [-0.05, 0) is 163 Å². The number of aliphatic hydroxyl groups excluding tert-OH is 2. The molecule has 22 aromatic rings. The van der Waals surface area contributed by atoms with Crippen LogP contribution in [0.2, 0.25) is 0 Å². The molecule has 1 saturated carbocycles. The van der Waals surface area contributed by atoms with Crippen LogP contribution < -0.4 is 56.0 Å². The normalized spacial score (nSPS) is 12.3. The zero-order chi connectivity index (χ0) is 104. The summed E-state index contributed by atoms with van der Waals surface area (Å²) >= 11 is 1.61. The quantitative estimate of drug-likeness (QED) is 0.0227. The zero-order valence-corrected chi connectivity index (χ0v) is 84.2. The Bertz CT molecular complexity index is 8790. The molecule has 29 nitrogen and oxygen atoms in total. The molecule has 0 bridgehead atoms. The standard InChI is InChI=1S/C27H23N3O3.C24H25N3O3.C24H19N3O2S.C23H21N3O2.C22H20N4O3/c1-33-25-15-23-21(14-22(25)27(32)28-24(16-31)18-8-3-2-4-9-18)26(30-29-23)20-12-11-17-7-5-6-10-19(17)13-20;1-14(2)21(13-28)25-24(29)19-11-18-20(12-22(19)30-3)26-27-23(18)17-9-8-15-6-4-5-7-16(15)10-17;1-29-22-13-21-19(12-20(22)24(28)25-14-18-7-4-10-30-18)23(27-26-21)17-9-8-15-5-2-3-6-16(15)11-17;1-28-21-12-20-18(11-19(21)23(27)24-13-14-6-7-14)22(26-25-20)17-9-8-15-4-2-3-5-16(15)10-17;1-12(21(23)27)24-22(28)17-10-16-18(11-19(17)29-2)25-26-20(16)15-8-7-13-5-3-4-6-14(13)9-15/h2-15,24,31H,16H2,1H3,(H,28,32)(H,29,30);4-12,14,21,28H,13H2,1-3H3,(H,25,29)(H,26,27);2-13H,14H2,1H3,(H,25,28)(H,26,27);2-5,8-12,14H,6-7,13H2,1H3,(H,24,27)(H,25,26);3-12H,1-2H3,(H2,23,27)(H,24,28)(H,25,26)/t24-;21-;;;12-/m11..0/s1. The number of rotatable bonds is 27. The summed E-state index contributed by atoms with van der Waals surface area (Å²) in [6, 6.07) is 102. The van der Waals surface area contributed by atoms with Gasteiger partial charge in [-0.1, -0.05) is 232 Å². The minimum atomic E-state index is -0.799. The molecular weight excluding hydrogens is 1910 g/mol. The van der Waals surface area contributed by atoms with Crippen LogP contribution in [-0.2, 0) is 11.3 Å². The maximum Gasteiger partial charge on any atom is 0.255 e. The lowest BCUT2D eigenvalue weighted by molar-refractivity contribution is -0.119. The molecule has 23 rings (SSSR count). The number of aromatic nitrogens is 10. The molecule has 150 heavy (non-hydrogen) atoms. The number of primary amides is 1. The molecule has 1 aliphatic rings. The number of carbonyl (C=O) groups is 6. The summed E-state index contributed by atoms with van der Waals surface area (Å²) in [5.41, 5.74) is 20.9. The second-order valence-electron chi connectivity index (χ2n) is 36.8. The molecule has 0 spiro atoms. The molecule has 752 valence electrons. The molecule has 30 heteroatoms. The Hall–Kier alpha value is -18.4. The van der Waals surface area contributed by atoms with Gasteiger partial charge < -0.3 is 66.2 Å². The smallest absolute Gasteiger partial charge is 0.255 e. The molecule has 6 aromatic heterocycles. The van der Waals surface area contributed by atoms with E-state index in [9.17, 15) is 39.0 Å². The summed E-state index contributed by atoms with van der Waals surface area (Å²) in [4.78, 5) is 76.9. The van der Waals surface area contributed by atoms with Crippen LogP contribution in [0.1, 0.15) is 102 Å². The largest absolute Gasteiger partial charge is 0.496 e. The van der Waals surface area contributed by atoms with E-state index in [0.717, 1.165) is 171 Å². The van der Waals surface area contributed by atoms with E-state index in [2.05, 4.69) is 199 Å². The van der Waals surface area contributed by atoms with Crippen molar-refractivity contribution < 1.29 is 62.7 Å². The maximum absolute atomic E-state index is 13.2. The number of hydrogen-bond donors (Lipinski definition) is 13. The highest BCUT2D eigenvalue weighted by Gasteiger charge is 2.29. The van der Waals surface area contributed by atoms with Crippen LogP contribution in [0.3, 0.4) is 0 Å². The number of amides is 6. The number of carbonyl (C=O) groups excluding carboxylic acids is 6. The van der Waals surface area contributed by atoms with Crippen LogP contribution in [0.25, 0.3) is 165 Å². The average molecular weight is 2010 g/mol. The predicted octanol–water partition coefficient (Wildman–Crippen LogP) is 21.9. The van der Waals surface area contributed by atoms with E-state index < -0.39 is 23.9 Å². The summed E-state index contributed by atoms with van der Waals surface area (Å²) in [6.07, 6.45) is 2.40. The van der Waals surface area contributed by atoms with Crippen molar-refractivity contribution in [3.8, 4) is 85.0 Å². The van der Waals surface area contributed by atoms with Gasteiger partial charge in [0.1, 0.15) is 34.8 Å². The van der Waals surface area contributed by atoms with Gasteiger partial charge in [0.05, 0.1) is 151 Å². The number of nitrogens with one attached hydrogen (secondary N) is 10. The number of H-pyrrole nitrogens is 5. The van der Waals surface area contributed by atoms with Gasteiger partial charge in [0, 0.05) is 96.5 Å². The number of aliphatic hydroxyl groups is 2. The number of aromatic amines is 5. The van der Waals surface area contributed by atoms with Gasteiger partial charge in [0.25, 0.3) is 29.5 Å². The Balaban J connectivity index is 0.000000118. The second-order valence-corrected chi connectivity index (χ2v) is 37.8. The Morgan fingerprint density at radius 1 is 0.340 bits per heavy atom. The number of nitrogens with two attached hydrogens (primary N) is 1. The third-order valence-electron chi connectivity index (χ3n) is 26.8. The van der Waals surface area contributed by atoms with Crippen molar-refractivity contribution in [3.05, 3.63) is 359 Å². The number of benzene rings is 16. The highest BCUT2D eigenvalue weighted by atomic mass is 32.1. The highest BCUT2D eigenvalue weighted by molar-refractivity contribution is 7.09. The van der Waals surface area contributed by atoms with Gasteiger partial charge in [0.15, 0.2) is 0 Å². The highest BCUT2D eigenvalue weighted by Crippen LogP contribution is 2.42. The maximum atomic E-state index is 13.2. The number of thiophene rings is 1. The van der Waals surface area contributed by atoms with Crippen molar-refractivity contribution in [2.75, 3.05) is 55.3 Å². The number of methoxy groups -OCH3 is 5. The van der Waals surface area contributed by atoms with E-state index in [1.807, 2.05) is 177 Å². The van der Waals surface area contributed by atoms with Gasteiger partial charge in [-0.2, -0.15) is 25.5 Å². The van der Waals surface area contributed by atoms with Crippen molar-refractivity contribution in [2.45, 2.75) is 58.3 Å². The summed E-state index contributed by atoms with van der Waals surface area (Å²) in [7, 11) is 7.69. The van der Waals surface area contributed by atoms with Crippen LogP contribution in [0, 0.1) is 11.8 Å². The molecule has 6 amide bonds. The summed E-state index contributed by atoms with van der Waals surface area (Å²) in [6.45, 7) is 6.31. The number of hydrogen-bond acceptors (Lipinski definition) is 19. The van der Waals surface area contributed by atoms with Gasteiger partial charge in [0.2, 0.25) is 5.91 Å². The van der Waals surface area contributed by atoms with E-state index >= 15 is 0 Å². The lowest BCUT2D eigenvalue weighted by atomic mass is 10.0. The van der Waals surface area contributed by atoms with E-state index in [1.165, 1.54) is 51.9 Å². The number of ether oxygens (including phenoxy) is 5. The predicted molar refractivity (Wildman–Crippen MR) is 592 cm³/mol. The van der Waals surface area contributed by atoms with E-state index in [-0.39, 0.29) is 48.8 Å². The zero-order valence-electron chi connectivity index (χ0n) is 83.3. The Morgan fingerprint density at radius 2 is 0.633 bits per heavy atom. The van der Waals surface area contributed by atoms with Crippen molar-refractivity contribution in [3.63, 3.8) is 0 Å². The van der Waals surface area contributed by atoms with E-state index in [1.54, 1.807) is 62.0 Å². The molecule has 0 radical (unpaired) electrons. The molecule has 0 saturated heterocycles. The van der Waals surface area contributed by atoms with Gasteiger partial charge in [-0.15, -0.1) is 11.3 Å². The van der Waals surface area contributed by atoms with Crippen LogP contribution in [0.5, 0.6) is 28.7 Å². The van der Waals surface area contributed by atoms with Crippen molar-refractivity contribution >= 4 is 155 Å². The van der Waals surface area contributed by atoms with Crippen LogP contribution in [0.15, 0.2) is 321 Å². The number of fused-ring (bicyclic) bond motifs is 10. The first-order chi connectivity index (χ1) is 73.1. The van der Waals surface area contributed by atoms with Gasteiger partial charge in [-0.3, -0.25) is 54.3 Å². The molecule has 1 aliphatic carbocycles. The first-order valence-corrected chi connectivity index (χ1v) is 49.8. The molecular formula is C120H108N16O13S. The fourth-order valence-corrected chi connectivity index (χ4v) is 18.9. The molecule has 14 N–H and O–H groups in total. The first kappa shape index (κ1) is 100. The molecule has 16 aromatic carbocycles. The van der Waals surface area contributed by atoms with E-state index in [4.69, 9.17) is 29.4 Å². The Kier molecular flexibility index (Phi) is 30.1. The molecule has 6 heterocycles. The van der Waals surface area contributed by atoms with Crippen molar-refractivity contribution in [1.82, 2.24) is 77.6 Å². The fraction of sp³-hybridized carbons (Fsp3) is 0.158. The molecule has 1 fully saturated rings. The summed E-state index contributed by atoms with van der Waals surface area (Å²) in [5.74, 6) is 1.11. The Morgan fingerprint density at radius 3 is 0.913 bits per heavy atom. The monoisotopic (exact) mass is 2010 g/mol. The SMILES string of the molecule is COc1cc2[nH]nc(-c3ccc4ccccc4c3)c2cc1C(=O)NCC1CC1.COc1cc2[nH]nc(-c3ccc4ccccc4c3)c2cc1C(=O)NCc1cccs1.COc1cc2[nH]nc(-c3ccc4ccccc4c3)c2cc1C(=O)N[C@@H](C)C(N)=O.COc1cc2[nH]nc(-c3ccc4ccccc4c3)c2cc1C(=O)N[C@H](CO)C(C)C.COc1cc2[nH]nc(-c3ccc4ccccc4c3)c2cc1C(=O)N[C@H](CO)c1ccccc1.